The predicted octanol–water partition coefficient (Wildman–Crippen LogP) is 1.55. The van der Waals surface area contributed by atoms with E-state index in [0.717, 1.165) is 23.0 Å². The van der Waals surface area contributed by atoms with Crippen molar-refractivity contribution in [3.8, 4) is 0 Å². The lowest BCUT2D eigenvalue weighted by Crippen LogP contribution is -2.39. The summed E-state index contributed by atoms with van der Waals surface area (Å²) in [4.78, 5) is 27.1. The summed E-state index contributed by atoms with van der Waals surface area (Å²) in [5.74, 6) is 0.276. The van der Waals surface area contributed by atoms with E-state index < -0.39 is 6.03 Å². The van der Waals surface area contributed by atoms with Gasteiger partial charge in [0.15, 0.2) is 0 Å². The Labute approximate surface area is 119 Å². The van der Waals surface area contributed by atoms with Crippen LogP contribution in [-0.2, 0) is 4.79 Å². The summed E-state index contributed by atoms with van der Waals surface area (Å²) in [5, 5.41) is 7.84. The molecule has 1 aromatic heterocycles. The monoisotopic (exact) mass is 326 g/mol. The minimum atomic E-state index is -0.444. The van der Waals surface area contributed by atoms with E-state index in [1.54, 1.807) is 12.1 Å². The molecule has 0 unspecified atom stereocenters. The third-order valence-electron chi connectivity index (χ3n) is 2.61. The van der Waals surface area contributed by atoms with Crippen molar-refractivity contribution >= 4 is 33.7 Å². The maximum Gasteiger partial charge on any atom is 0.320 e. The number of carbonyl (C=O) groups is 2. The summed E-state index contributed by atoms with van der Waals surface area (Å²) < 4.78 is 0.877. The fourth-order valence-corrected chi connectivity index (χ4v) is 1.66. The van der Waals surface area contributed by atoms with Crippen molar-refractivity contribution in [3.05, 3.63) is 22.3 Å². The fourth-order valence-electron chi connectivity index (χ4n) is 1.44. The Morgan fingerprint density at radius 3 is 2.79 bits per heavy atom. The van der Waals surface area contributed by atoms with E-state index in [9.17, 15) is 9.59 Å². The van der Waals surface area contributed by atoms with Gasteiger partial charge in [-0.3, -0.25) is 10.1 Å². The van der Waals surface area contributed by atoms with Crippen molar-refractivity contribution < 1.29 is 9.59 Å². The maximum absolute atomic E-state index is 11.6. The number of aromatic nitrogens is 1. The largest absolute Gasteiger partial charge is 0.352 e. The van der Waals surface area contributed by atoms with Crippen molar-refractivity contribution in [2.45, 2.75) is 25.8 Å². The highest BCUT2D eigenvalue weighted by Crippen LogP contribution is 2.18. The van der Waals surface area contributed by atoms with Gasteiger partial charge < -0.3 is 10.6 Å². The predicted molar refractivity (Wildman–Crippen MR) is 74.9 cm³/mol. The van der Waals surface area contributed by atoms with Gasteiger partial charge in [-0.1, -0.05) is 0 Å². The smallest absolute Gasteiger partial charge is 0.320 e. The molecule has 7 heteroatoms. The Balaban J connectivity index is 1.76. The van der Waals surface area contributed by atoms with Gasteiger partial charge in [0, 0.05) is 10.5 Å². The second-order valence-electron chi connectivity index (χ2n) is 4.41. The molecule has 0 spiro atoms. The SMILES string of the molecule is Cc1nc(NC(=O)NCC(=O)NC2CC2)ccc1Br. The Morgan fingerprint density at radius 1 is 1.42 bits per heavy atom. The molecule has 1 heterocycles. The zero-order chi connectivity index (χ0) is 13.8. The Kier molecular flexibility index (Phi) is 4.36. The third kappa shape index (κ3) is 4.51. The average molecular weight is 327 g/mol. The molecular weight excluding hydrogens is 312 g/mol. The molecule has 0 radical (unpaired) electrons. The van der Waals surface area contributed by atoms with Gasteiger partial charge in [0.05, 0.1) is 12.2 Å². The highest BCUT2D eigenvalue weighted by Gasteiger charge is 2.23. The van der Waals surface area contributed by atoms with Crippen molar-refractivity contribution in [1.82, 2.24) is 15.6 Å². The summed E-state index contributed by atoms with van der Waals surface area (Å²) in [7, 11) is 0. The van der Waals surface area contributed by atoms with Crippen LogP contribution in [-0.4, -0.2) is 29.5 Å². The van der Waals surface area contributed by atoms with E-state index in [4.69, 9.17) is 0 Å². The first-order chi connectivity index (χ1) is 9.04. The average Bonchev–Trinajstić information content (AvgIpc) is 3.15. The van der Waals surface area contributed by atoms with E-state index in [1.165, 1.54) is 0 Å². The lowest BCUT2D eigenvalue weighted by molar-refractivity contribution is -0.120. The van der Waals surface area contributed by atoms with Gasteiger partial charge in [-0.25, -0.2) is 9.78 Å². The minimum Gasteiger partial charge on any atom is -0.352 e. The van der Waals surface area contributed by atoms with E-state index in [1.807, 2.05) is 6.92 Å². The summed E-state index contributed by atoms with van der Waals surface area (Å²) in [6.07, 6.45) is 2.06. The topological polar surface area (TPSA) is 83.1 Å². The van der Waals surface area contributed by atoms with Gasteiger partial charge in [-0.05, 0) is 47.8 Å². The zero-order valence-corrected chi connectivity index (χ0v) is 12.1. The molecule has 19 heavy (non-hydrogen) atoms. The summed E-state index contributed by atoms with van der Waals surface area (Å²) >= 11 is 3.33. The third-order valence-corrected chi connectivity index (χ3v) is 3.45. The Morgan fingerprint density at radius 2 is 2.16 bits per heavy atom. The van der Waals surface area contributed by atoms with Gasteiger partial charge in [0.25, 0.3) is 0 Å². The number of aryl methyl sites for hydroxylation is 1. The molecule has 6 nitrogen and oxygen atoms in total. The van der Waals surface area contributed by atoms with Crippen molar-refractivity contribution in [2.75, 3.05) is 11.9 Å². The first-order valence-corrected chi connectivity index (χ1v) is 6.81. The quantitative estimate of drug-likeness (QED) is 0.785. The number of carbonyl (C=O) groups excluding carboxylic acids is 2. The molecule has 3 amide bonds. The van der Waals surface area contributed by atoms with Gasteiger partial charge in [-0.2, -0.15) is 0 Å². The number of pyridine rings is 1. The molecule has 0 atom stereocenters. The molecule has 1 fully saturated rings. The van der Waals surface area contributed by atoms with Crippen molar-refractivity contribution in [2.24, 2.45) is 0 Å². The highest BCUT2D eigenvalue weighted by atomic mass is 79.9. The molecule has 2 rings (SSSR count). The van der Waals surface area contributed by atoms with Crippen molar-refractivity contribution in [3.63, 3.8) is 0 Å². The second-order valence-corrected chi connectivity index (χ2v) is 5.27. The molecule has 0 aliphatic heterocycles. The lowest BCUT2D eigenvalue weighted by atomic mass is 10.4. The van der Waals surface area contributed by atoms with Gasteiger partial charge in [-0.15, -0.1) is 0 Å². The van der Waals surface area contributed by atoms with Crippen LogP contribution < -0.4 is 16.0 Å². The molecule has 102 valence electrons. The Bertz CT molecular complexity index is 503. The van der Waals surface area contributed by atoms with Crippen LogP contribution in [0.1, 0.15) is 18.5 Å². The number of rotatable bonds is 4. The van der Waals surface area contributed by atoms with Gasteiger partial charge >= 0.3 is 6.03 Å². The number of anilines is 1. The number of hydrogen-bond acceptors (Lipinski definition) is 3. The van der Waals surface area contributed by atoms with Crippen LogP contribution in [0.25, 0.3) is 0 Å². The molecule has 1 aromatic rings. The minimum absolute atomic E-state index is 0.0299. The van der Waals surface area contributed by atoms with E-state index >= 15 is 0 Å². The van der Waals surface area contributed by atoms with Crippen molar-refractivity contribution in [1.29, 1.82) is 0 Å². The van der Waals surface area contributed by atoms with E-state index in [-0.39, 0.29) is 12.5 Å². The lowest BCUT2D eigenvalue weighted by Gasteiger charge is -2.08. The zero-order valence-electron chi connectivity index (χ0n) is 10.5. The summed E-state index contributed by atoms with van der Waals surface area (Å²) in [6.45, 7) is 1.80. The number of halogens is 1. The number of amides is 3. The molecule has 1 aliphatic rings. The van der Waals surface area contributed by atoms with E-state index in [2.05, 4.69) is 36.9 Å². The normalized spacial score (nSPS) is 13.8. The first kappa shape index (κ1) is 13.8. The van der Waals surface area contributed by atoms with Gasteiger partial charge in [0.2, 0.25) is 5.91 Å². The molecular formula is C12H15BrN4O2. The fraction of sp³-hybridized carbons (Fsp3) is 0.417. The summed E-state index contributed by atoms with van der Waals surface area (Å²) in [5.41, 5.74) is 0.782. The number of urea groups is 1. The molecule has 1 aliphatic carbocycles. The molecule has 0 bridgehead atoms. The number of nitrogens with one attached hydrogen (secondary N) is 3. The van der Waals surface area contributed by atoms with Crippen LogP contribution in [0.2, 0.25) is 0 Å². The maximum atomic E-state index is 11.6. The summed E-state index contributed by atoms with van der Waals surface area (Å²) in [6, 6.07) is 3.34. The number of hydrogen-bond donors (Lipinski definition) is 3. The van der Waals surface area contributed by atoms with Crippen LogP contribution in [0.3, 0.4) is 0 Å². The Hall–Kier alpha value is -1.63. The molecule has 0 saturated heterocycles. The molecule has 1 saturated carbocycles. The van der Waals surface area contributed by atoms with Gasteiger partial charge in [0.1, 0.15) is 5.82 Å². The van der Waals surface area contributed by atoms with Crippen LogP contribution in [0.5, 0.6) is 0 Å². The molecule has 0 aromatic carbocycles. The highest BCUT2D eigenvalue weighted by molar-refractivity contribution is 9.10. The standard InChI is InChI=1S/C12H15BrN4O2/c1-7-9(13)4-5-10(15-7)17-12(19)14-6-11(18)16-8-2-3-8/h4-5,8H,2-3,6H2,1H3,(H,16,18)(H2,14,15,17,19). The van der Waals surface area contributed by atoms with E-state index in [0.29, 0.717) is 11.9 Å². The number of nitrogens with zero attached hydrogens (tertiary/aromatic N) is 1. The second kappa shape index (κ2) is 6.01. The van der Waals surface area contributed by atoms with Crippen LogP contribution in [0, 0.1) is 6.92 Å². The van der Waals surface area contributed by atoms with Crippen LogP contribution >= 0.6 is 15.9 Å². The van der Waals surface area contributed by atoms with Crippen LogP contribution in [0.15, 0.2) is 16.6 Å². The van der Waals surface area contributed by atoms with Crippen LogP contribution in [0.4, 0.5) is 10.6 Å². The molecule has 3 N–H and O–H groups in total. The first-order valence-electron chi connectivity index (χ1n) is 6.02.